The number of nitrogens with one attached hydrogen (secondary N) is 2. The van der Waals surface area contributed by atoms with Crippen molar-refractivity contribution in [2.75, 3.05) is 6.61 Å². The highest BCUT2D eigenvalue weighted by Crippen LogP contribution is 2.41. The fourth-order valence-corrected chi connectivity index (χ4v) is 3.65. The fraction of sp³-hybridized carbons (Fsp3) is 0.778. The number of aryl methyl sites for hydroxylation is 1. The molecule has 1 saturated heterocycles. The Kier molecular flexibility index (Phi) is 4.85. The molecule has 1 aromatic rings. The number of amides is 2. The number of nitrogens with zero attached hydrogens (tertiary/aromatic N) is 2. The lowest BCUT2D eigenvalue weighted by molar-refractivity contribution is -0.00460. The van der Waals surface area contributed by atoms with Crippen molar-refractivity contribution in [2.24, 2.45) is 18.4 Å². The molecule has 0 radical (unpaired) electrons. The summed E-state index contributed by atoms with van der Waals surface area (Å²) in [6.07, 6.45) is 7.45. The van der Waals surface area contributed by atoms with Crippen molar-refractivity contribution in [3.05, 3.63) is 18.2 Å². The number of carbonyl (C=O) groups is 1. The number of imidazole rings is 1. The maximum absolute atomic E-state index is 12.2. The molecule has 3 rings (SSSR count). The minimum absolute atomic E-state index is 0.0435. The van der Waals surface area contributed by atoms with Gasteiger partial charge in [0.25, 0.3) is 0 Å². The molecule has 1 aromatic heterocycles. The van der Waals surface area contributed by atoms with Gasteiger partial charge in [0.2, 0.25) is 0 Å². The molecule has 134 valence electrons. The van der Waals surface area contributed by atoms with Crippen molar-refractivity contribution in [3.63, 3.8) is 0 Å². The summed E-state index contributed by atoms with van der Waals surface area (Å²) >= 11 is 0. The number of ether oxygens (including phenoxy) is 1. The van der Waals surface area contributed by atoms with Gasteiger partial charge in [0.15, 0.2) is 0 Å². The van der Waals surface area contributed by atoms with Gasteiger partial charge in [-0.25, -0.2) is 9.78 Å². The summed E-state index contributed by atoms with van der Waals surface area (Å²) in [5.41, 5.74) is 0.338. The second-order valence-electron chi connectivity index (χ2n) is 8.33. The van der Waals surface area contributed by atoms with Crippen LogP contribution in [-0.4, -0.2) is 34.3 Å². The maximum atomic E-state index is 12.2. The highest BCUT2D eigenvalue weighted by molar-refractivity contribution is 5.74. The number of hydrogen-bond acceptors (Lipinski definition) is 3. The Labute approximate surface area is 144 Å². The second kappa shape index (κ2) is 6.75. The Hall–Kier alpha value is -1.56. The van der Waals surface area contributed by atoms with Crippen molar-refractivity contribution in [2.45, 2.75) is 64.6 Å². The first-order valence-corrected chi connectivity index (χ1v) is 8.99. The minimum atomic E-state index is -0.0437. The zero-order valence-electron chi connectivity index (χ0n) is 15.2. The lowest BCUT2D eigenvalue weighted by atomic mass is 9.66. The smallest absolute Gasteiger partial charge is 0.315 e. The molecule has 2 heterocycles. The molecule has 0 bridgehead atoms. The standard InChI is InChI=1S/C18H30N4O2/c1-18(2,3)12-9-14(10-12)21-17(23)20-13-5-8-24-15(11-13)16-19-6-7-22(16)4/h6-7,12-15H,5,8-11H2,1-4H3,(H2,20,21,23). The molecule has 2 fully saturated rings. The van der Waals surface area contributed by atoms with E-state index >= 15 is 0 Å². The quantitative estimate of drug-likeness (QED) is 0.893. The number of urea groups is 1. The average molecular weight is 334 g/mol. The first kappa shape index (κ1) is 17.3. The first-order valence-electron chi connectivity index (χ1n) is 8.99. The van der Waals surface area contributed by atoms with Crippen molar-refractivity contribution in [3.8, 4) is 0 Å². The van der Waals surface area contributed by atoms with Gasteiger partial charge in [-0.1, -0.05) is 20.8 Å². The molecule has 6 heteroatoms. The van der Waals surface area contributed by atoms with Crippen molar-refractivity contribution in [1.82, 2.24) is 20.2 Å². The van der Waals surface area contributed by atoms with E-state index in [2.05, 4.69) is 36.4 Å². The second-order valence-corrected chi connectivity index (χ2v) is 8.33. The van der Waals surface area contributed by atoms with Gasteiger partial charge in [-0.3, -0.25) is 0 Å². The molecular formula is C18H30N4O2. The number of aromatic nitrogens is 2. The third kappa shape index (κ3) is 3.91. The van der Waals surface area contributed by atoms with Gasteiger partial charge >= 0.3 is 6.03 Å². The Morgan fingerprint density at radius 3 is 2.58 bits per heavy atom. The molecule has 2 amide bonds. The SMILES string of the molecule is Cn1ccnc1C1CC(NC(=O)NC2CC(C(C)(C)C)C2)CCO1. The normalized spacial score (nSPS) is 30.5. The van der Waals surface area contributed by atoms with Crippen LogP contribution in [0.1, 0.15) is 58.4 Å². The molecule has 6 nitrogen and oxygen atoms in total. The van der Waals surface area contributed by atoms with Crippen LogP contribution in [0, 0.1) is 11.3 Å². The summed E-state index contributed by atoms with van der Waals surface area (Å²) in [6, 6.07) is 0.413. The van der Waals surface area contributed by atoms with E-state index in [9.17, 15) is 4.79 Å². The molecule has 1 saturated carbocycles. The topological polar surface area (TPSA) is 68.2 Å². The lowest BCUT2D eigenvalue weighted by Gasteiger charge is -2.44. The molecule has 0 aromatic carbocycles. The summed E-state index contributed by atoms with van der Waals surface area (Å²) in [5, 5.41) is 6.23. The van der Waals surface area contributed by atoms with Crippen LogP contribution in [0.3, 0.4) is 0 Å². The van der Waals surface area contributed by atoms with E-state index < -0.39 is 0 Å². The van der Waals surface area contributed by atoms with Crippen LogP contribution in [0.4, 0.5) is 4.79 Å². The van der Waals surface area contributed by atoms with Gasteiger partial charge in [-0.05, 0) is 30.6 Å². The van der Waals surface area contributed by atoms with Gasteiger partial charge in [-0.2, -0.15) is 0 Å². The largest absolute Gasteiger partial charge is 0.370 e. The Morgan fingerprint density at radius 1 is 1.25 bits per heavy atom. The third-order valence-corrected chi connectivity index (χ3v) is 5.46. The van der Waals surface area contributed by atoms with E-state index in [0.29, 0.717) is 24.0 Å². The monoisotopic (exact) mass is 334 g/mol. The summed E-state index contributed by atoms with van der Waals surface area (Å²) in [4.78, 5) is 16.6. The average Bonchev–Trinajstić information content (AvgIpc) is 2.87. The van der Waals surface area contributed by atoms with Crippen molar-refractivity contribution >= 4 is 6.03 Å². The maximum Gasteiger partial charge on any atom is 0.315 e. The van der Waals surface area contributed by atoms with Gasteiger partial charge in [0.05, 0.1) is 0 Å². The van der Waals surface area contributed by atoms with Crippen LogP contribution < -0.4 is 10.6 Å². The summed E-state index contributed by atoms with van der Waals surface area (Å²) in [5.74, 6) is 1.63. The predicted molar refractivity (Wildman–Crippen MR) is 92.6 cm³/mol. The Balaban J connectivity index is 1.44. The first-order chi connectivity index (χ1) is 11.3. The molecule has 2 aliphatic rings. The van der Waals surface area contributed by atoms with Crippen LogP contribution >= 0.6 is 0 Å². The van der Waals surface area contributed by atoms with Gasteiger partial charge < -0.3 is 19.9 Å². The minimum Gasteiger partial charge on any atom is -0.370 e. The Morgan fingerprint density at radius 2 is 1.96 bits per heavy atom. The van der Waals surface area contributed by atoms with E-state index in [1.807, 2.05) is 17.8 Å². The van der Waals surface area contributed by atoms with Crippen LogP contribution in [0.25, 0.3) is 0 Å². The lowest BCUT2D eigenvalue weighted by Crippen LogP contribution is -2.53. The molecule has 1 aliphatic heterocycles. The summed E-state index contributed by atoms with van der Waals surface area (Å²) in [6.45, 7) is 7.47. The molecule has 2 unspecified atom stereocenters. The number of rotatable bonds is 3. The van der Waals surface area contributed by atoms with Gasteiger partial charge in [-0.15, -0.1) is 0 Å². The van der Waals surface area contributed by atoms with Crippen LogP contribution in [0.2, 0.25) is 0 Å². The highest BCUT2D eigenvalue weighted by Gasteiger charge is 2.38. The summed E-state index contributed by atoms with van der Waals surface area (Å²) in [7, 11) is 1.97. The zero-order valence-corrected chi connectivity index (χ0v) is 15.2. The van der Waals surface area contributed by atoms with E-state index in [1.54, 1.807) is 6.20 Å². The molecule has 0 spiro atoms. The number of carbonyl (C=O) groups excluding carboxylic acids is 1. The van der Waals surface area contributed by atoms with Crippen LogP contribution in [-0.2, 0) is 11.8 Å². The highest BCUT2D eigenvalue weighted by atomic mass is 16.5. The van der Waals surface area contributed by atoms with Crippen molar-refractivity contribution in [1.29, 1.82) is 0 Å². The van der Waals surface area contributed by atoms with Crippen LogP contribution in [0.15, 0.2) is 12.4 Å². The van der Waals surface area contributed by atoms with Crippen molar-refractivity contribution < 1.29 is 9.53 Å². The molecule has 2 N–H and O–H groups in total. The van der Waals surface area contributed by atoms with E-state index in [4.69, 9.17) is 4.74 Å². The fourth-order valence-electron chi connectivity index (χ4n) is 3.65. The molecular weight excluding hydrogens is 304 g/mol. The van der Waals surface area contributed by atoms with E-state index in [-0.39, 0.29) is 18.2 Å². The molecule has 24 heavy (non-hydrogen) atoms. The van der Waals surface area contributed by atoms with E-state index in [0.717, 1.165) is 31.5 Å². The third-order valence-electron chi connectivity index (χ3n) is 5.46. The zero-order chi connectivity index (χ0) is 17.3. The molecule has 1 aliphatic carbocycles. The van der Waals surface area contributed by atoms with E-state index in [1.165, 1.54) is 0 Å². The predicted octanol–water partition coefficient (Wildman–Crippen LogP) is 2.76. The molecule has 2 atom stereocenters. The number of hydrogen-bond donors (Lipinski definition) is 2. The summed E-state index contributed by atoms with van der Waals surface area (Å²) < 4.78 is 7.81. The van der Waals surface area contributed by atoms with Crippen LogP contribution in [0.5, 0.6) is 0 Å². The Bertz CT molecular complexity index is 572. The van der Waals surface area contributed by atoms with Gasteiger partial charge in [0, 0.05) is 44.6 Å². The van der Waals surface area contributed by atoms with Gasteiger partial charge in [0.1, 0.15) is 11.9 Å².